The first-order valence-corrected chi connectivity index (χ1v) is 13.9. The highest BCUT2D eigenvalue weighted by Gasteiger charge is 2.54. The fourth-order valence-electron chi connectivity index (χ4n) is 4.43. The molecule has 0 spiro atoms. The van der Waals surface area contributed by atoms with Crippen LogP contribution in [-0.2, 0) is 33.8 Å². The van der Waals surface area contributed by atoms with E-state index in [1.165, 1.54) is 7.05 Å². The average molecular weight is 533 g/mol. The van der Waals surface area contributed by atoms with Crippen molar-refractivity contribution in [1.82, 2.24) is 8.61 Å². The molecule has 3 N–H and O–H groups in total. The summed E-state index contributed by atoms with van der Waals surface area (Å²) < 4.78 is 45.9. The van der Waals surface area contributed by atoms with Crippen LogP contribution in [0.1, 0.15) is 74.1 Å². The number of rotatable bonds is 11. The van der Waals surface area contributed by atoms with Crippen molar-refractivity contribution in [3.63, 3.8) is 0 Å². The maximum atomic E-state index is 13.2. The Hall–Kier alpha value is -1.25. The zero-order valence-corrected chi connectivity index (χ0v) is 23.8. The van der Waals surface area contributed by atoms with Gasteiger partial charge in [-0.1, -0.05) is 6.42 Å². The molecule has 208 valence electrons. The number of hydrogen-bond acceptors (Lipinski definition) is 8. The molecule has 36 heavy (non-hydrogen) atoms. The van der Waals surface area contributed by atoms with E-state index in [4.69, 9.17) is 19.8 Å². The molecule has 2 atom stereocenters. The highest BCUT2D eigenvalue weighted by atomic mass is 32.2. The van der Waals surface area contributed by atoms with Gasteiger partial charge >= 0.3 is 19.1 Å². The van der Waals surface area contributed by atoms with E-state index in [0.717, 1.165) is 8.61 Å². The van der Waals surface area contributed by atoms with E-state index >= 15 is 0 Å². The molecule has 0 aromatic carbocycles. The molecule has 0 unspecified atom stereocenters. The molecule has 2 aliphatic rings. The molecule has 2 rings (SSSR count). The molecular formula is C23H44BN3O8S. The molecule has 0 aromatic rings. The maximum Gasteiger partial charge on any atom is 0.457 e. The molecule has 0 bridgehead atoms. The van der Waals surface area contributed by atoms with Gasteiger partial charge in [-0.3, -0.25) is 9.59 Å². The summed E-state index contributed by atoms with van der Waals surface area (Å²) in [5.41, 5.74) is 3.05. The zero-order chi connectivity index (χ0) is 27.7. The lowest BCUT2D eigenvalue weighted by molar-refractivity contribution is -0.155. The first-order valence-electron chi connectivity index (χ1n) is 12.5. The van der Waals surface area contributed by atoms with E-state index in [2.05, 4.69) is 0 Å². The van der Waals surface area contributed by atoms with Crippen molar-refractivity contribution < 1.29 is 37.2 Å². The third-order valence-electron chi connectivity index (χ3n) is 7.28. The number of esters is 1. The molecule has 0 aliphatic carbocycles. The minimum atomic E-state index is -3.96. The average Bonchev–Trinajstić information content (AvgIpc) is 3.14. The second-order valence-corrected chi connectivity index (χ2v) is 14.0. The van der Waals surface area contributed by atoms with Crippen molar-refractivity contribution >= 4 is 29.3 Å². The summed E-state index contributed by atoms with van der Waals surface area (Å²) in [7, 11) is -2.96. The molecule has 2 saturated heterocycles. The minimum absolute atomic E-state index is 0.00487. The Labute approximate surface area is 216 Å². The van der Waals surface area contributed by atoms with Gasteiger partial charge in [-0.25, -0.2) is 0 Å². The lowest BCUT2D eigenvalue weighted by Gasteiger charge is -2.32. The van der Waals surface area contributed by atoms with Crippen molar-refractivity contribution in [3.8, 4) is 0 Å². The number of carboxylic acid groups (broad SMARTS) is 1. The van der Waals surface area contributed by atoms with Crippen molar-refractivity contribution in [1.29, 1.82) is 0 Å². The third kappa shape index (κ3) is 7.19. The van der Waals surface area contributed by atoms with Gasteiger partial charge in [0.2, 0.25) is 0 Å². The molecule has 2 heterocycles. The molecule has 0 aromatic heterocycles. The van der Waals surface area contributed by atoms with Gasteiger partial charge in [-0.15, -0.1) is 0 Å². The van der Waals surface area contributed by atoms with Crippen LogP contribution in [0.5, 0.6) is 0 Å². The summed E-state index contributed by atoms with van der Waals surface area (Å²) >= 11 is 0. The molecule has 13 heteroatoms. The van der Waals surface area contributed by atoms with Crippen LogP contribution in [0, 0.1) is 5.92 Å². The topological polar surface area (TPSA) is 149 Å². The second kappa shape index (κ2) is 10.9. The SMILES string of the molecule is CN(CCCC(=O)OC(C)(C)C)S(=O)(=O)N1C[C@H](CCCB2OC(C)(C)C(C)(C)O2)[C@](N)(C(=O)O)C1. The number of carbonyl (C=O) groups excluding carboxylic acids is 1. The number of nitrogens with zero attached hydrogens (tertiary/aromatic N) is 2. The highest BCUT2D eigenvalue weighted by molar-refractivity contribution is 7.86. The van der Waals surface area contributed by atoms with E-state index in [1.54, 1.807) is 20.8 Å². The first-order chi connectivity index (χ1) is 16.2. The van der Waals surface area contributed by atoms with E-state index in [9.17, 15) is 23.1 Å². The van der Waals surface area contributed by atoms with Crippen molar-refractivity contribution in [2.24, 2.45) is 11.7 Å². The van der Waals surface area contributed by atoms with Crippen LogP contribution >= 0.6 is 0 Å². The predicted octanol–water partition coefficient (Wildman–Crippen LogP) is 1.87. The van der Waals surface area contributed by atoms with Crippen molar-refractivity contribution in [3.05, 3.63) is 0 Å². The van der Waals surface area contributed by atoms with Gasteiger partial charge in [-0.05, 0) is 67.6 Å². The van der Waals surface area contributed by atoms with Crippen LogP contribution < -0.4 is 5.73 Å². The molecule has 0 radical (unpaired) electrons. The molecule has 0 amide bonds. The Bertz CT molecular complexity index is 905. The largest absolute Gasteiger partial charge is 0.480 e. The summed E-state index contributed by atoms with van der Waals surface area (Å²) in [6.45, 7) is 12.9. The van der Waals surface area contributed by atoms with Crippen molar-refractivity contribution in [2.75, 3.05) is 26.7 Å². The standard InChI is InChI=1S/C23H44BN3O8S/c1-20(2,3)33-18(28)12-10-14-26(8)36(31,32)27-15-17(23(25,16-27)19(29)30)11-9-13-24-34-21(4,5)22(6,7)35-24/h17H,9-16,25H2,1-8H3,(H,29,30)/t17-,23-/m0/s1. The summed E-state index contributed by atoms with van der Waals surface area (Å²) in [4.78, 5) is 24.0. The quantitative estimate of drug-likeness (QED) is 0.300. The molecule has 11 nitrogen and oxygen atoms in total. The first kappa shape index (κ1) is 31.0. The van der Waals surface area contributed by atoms with E-state index in [1.807, 2.05) is 27.7 Å². The maximum absolute atomic E-state index is 13.2. The van der Waals surface area contributed by atoms with Crippen LogP contribution in [0.2, 0.25) is 6.32 Å². The Morgan fingerprint density at radius 2 is 1.72 bits per heavy atom. The third-order valence-corrected chi connectivity index (χ3v) is 9.18. The fraction of sp³-hybridized carbons (Fsp3) is 0.913. The lowest BCUT2D eigenvalue weighted by atomic mass is 9.78. The Balaban J connectivity index is 1.96. The van der Waals surface area contributed by atoms with E-state index in [-0.39, 0.29) is 32.5 Å². The normalized spacial score (nSPS) is 26.5. The number of carboxylic acids is 1. The summed E-state index contributed by atoms with van der Waals surface area (Å²) in [5.74, 6) is -2.20. The molecule has 2 fully saturated rings. The predicted molar refractivity (Wildman–Crippen MR) is 136 cm³/mol. The van der Waals surface area contributed by atoms with E-state index < -0.39 is 57.5 Å². The Morgan fingerprint density at radius 3 is 2.22 bits per heavy atom. The number of ether oxygens (including phenoxy) is 1. The van der Waals surface area contributed by atoms with Crippen LogP contribution in [0.25, 0.3) is 0 Å². The number of aliphatic carboxylic acids is 1. The van der Waals surface area contributed by atoms with Gasteiger partial charge in [0.05, 0.1) is 11.2 Å². The molecule has 0 saturated carbocycles. The Morgan fingerprint density at radius 1 is 1.17 bits per heavy atom. The zero-order valence-electron chi connectivity index (χ0n) is 23.0. The number of carbonyl (C=O) groups is 2. The van der Waals surface area contributed by atoms with E-state index in [0.29, 0.717) is 19.2 Å². The monoisotopic (exact) mass is 533 g/mol. The van der Waals surface area contributed by atoms with Crippen LogP contribution in [0.3, 0.4) is 0 Å². The van der Waals surface area contributed by atoms with Crippen molar-refractivity contribution in [2.45, 2.75) is 103 Å². The lowest BCUT2D eigenvalue weighted by Crippen LogP contribution is -2.55. The van der Waals surface area contributed by atoms with Gasteiger partial charge in [-0.2, -0.15) is 17.0 Å². The van der Waals surface area contributed by atoms with Crippen LogP contribution in [0.15, 0.2) is 0 Å². The Kier molecular flexibility index (Phi) is 9.34. The van der Waals surface area contributed by atoms with Gasteiger partial charge < -0.3 is 24.9 Å². The molecular weight excluding hydrogens is 489 g/mol. The van der Waals surface area contributed by atoms with Crippen LogP contribution in [0.4, 0.5) is 0 Å². The van der Waals surface area contributed by atoms with Gasteiger partial charge in [0.25, 0.3) is 10.2 Å². The smallest absolute Gasteiger partial charge is 0.457 e. The van der Waals surface area contributed by atoms with Gasteiger partial charge in [0, 0.05) is 39.0 Å². The summed E-state index contributed by atoms with van der Waals surface area (Å²) in [6, 6.07) is 0. The van der Waals surface area contributed by atoms with Gasteiger partial charge in [0.1, 0.15) is 11.1 Å². The second-order valence-electron chi connectivity index (χ2n) is 12.0. The fourth-order valence-corrected chi connectivity index (χ4v) is 5.93. The highest BCUT2D eigenvalue weighted by Crippen LogP contribution is 2.39. The number of hydrogen-bond donors (Lipinski definition) is 2. The molecule has 2 aliphatic heterocycles. The summed E-state index contributed by atoms with van der Waals surface area (Å²) in [5, 5.41) is 9.85. The van der Waals surface area contributed by atoms with Crippen LogP contribution in [-0.4, -0.2) is 90.2 Å². The minimum Gasteiger partial charge on any atom is -0.480 e. The number of nitrogens with two attached hydrogens (primary N) is 1. The van der Waals surface area contributed by atoms with Gasteiger partial charge in [0.15, 0.2) is 0 Å². The summed E-state index contributed by atoms with van der Waals surface area (Å²) in [6.07, 6.45) is 1.91.